The lowest BCUT2D eigenvalue weighted by Crippen LogP contribution is -2.22. The number of fused-ring (bicyclic) bond motifs is 1. The molecule has 4 aromatic rings. The van der Waals surface area contributed by atoms with E-state index in [4.69, 9.17) is 0 Å². The number of anilines is 1. The van der Waals surface area contributed by atoms with Crippen molar-refractivity contribution in [2.75, 3.05) is 4.72 Å². The van der Waals surface area contributed by atoms with Gasteiger partial charge in [-0.25, -0.2) is 13.4 Å². The van der Waals surface area contributed by atoms with Crippen molar-refractivity contribution in [3.05, 3.63) is 99.1 Å². The van der Waals surface area contributed by atoms with Crippen LogP contribution in [0.4, 0.5) is 11.4 Å². The van der Waals surface area contributed by atoms with Crippen molar-refractivity contribution < 1.29 is 13.3 Å². The fraction of sp³-hybridized carbons (Fsp3) is 0.0476. The lowest BCUT2D eigenvalue weighted by molar-refractivity contribution is -0.387. The summed E-state index contributed by atoms with van der Waals surface area (Å²) in [5.74, 6) is 0.483. The summed E-state index contributed by atoms with van der Waals surface area (Å²) in [7, 11) is -4.18. The first kappa shape index (κ1) is 20.2. The second-order valence-electron chi connectivity index (χ2n) is 6.69. The van der Waals surface area contributed by atoms with Crippen LogP contribution in [0.3, 0.4) is 0 Å². The molecule has 0 bridgehead atoms. The molecule has 0 aliphatic heterocycles. The molecule has 10 heteroatoms. The van der Waals surface area contributed by atoms with E-state index in [1.807, 2.05) is 0 Å². The van der Waals surface area contributed by atoms with Crippen LogP contribution in [-0.4, -0.2) is 22.9 Å². The summed E-state index contributed by atoms with van der Waals surface area (Å²) in [6.45, 7) is 1.71. The molecular weight excluding hydrogens is 420 g/mol. The third-order valence-electron chi connectivity index (χ3n) is 4.67. The molecule has 0 saturated heterocycles. The summed E-state index contributed by atoms with van der Waals surface area (Å²) in [6.07, 6.45) is 0. The van der Waals surface area contributed by atoms with Crippen LogP contribution in [0.5, 0.6) is 0 Å². The van der Waals surface area contributed by atoms with Crippen LogP contribution < -0.4 is 10.3 Å². The van der Waals surface area contributed by atoms with Gasteiger partial charge in [-0.15, -0.1) is 0 Å². The van der Waals surface area contributed by atoms with Crippen molar-refractivity contribution in [1.29, 1.82) is 0 Å². The molecule has 0 spiro atoms. The first-order chi connectivity index (χ1) is 14.8. The van der Waals surface area contributed by atoms with E-state index >= 15 is 0 Å². The Bertz CT molecular complexity index is 1480. The highest BCUT2D eigenvalue weighted by Crippen LogP contribution is 2.25. The summed E-state index contributed by atoms with van der Waals surface area (Å²) in [4.78, 5) is 27.3. The van der Waals surface area contributed by atoms with Gasteiger partial charge < -0.3 is 0 Å². The Balaban J connectivity index is 1.70. The maximum absolute atomic E-state index is 12.9. The quantitative estimate of drug-likeness (QED) is 0.378. The summed E-state index contributed by atoms with van der Waals surface area (Å²) < 4.78 is 29.1. The van der Waals surface area contributed by atoms with Crippen LogP contribution in [0.25, 0.3) is 16.6 Å². The van der Waals surface area contributed by atoms with Gasteiger partial charge in [0.15, 0.2) is 4.90 Å². The van der Waals surface area contributed by atoms with Crippen LogP contribution in [0, 0.1) is 17.0 Å². The van der Waals surface area contributed by atoms with Crippen molar-refractivity contribution in [1.82, 2.24) is 9.55 Å². The van der Waals surface area contributed by atoms with Crippen molar-refractivity contribution in [3.8, 4) is 5.69 Å². The molecule has 9 nitrogen and oxygen atoms in total. The van der Waals surface area contributed by atoms with Gasteiger partial charge in [-0.3, -0.25) is 24.2 Å². The van der Waals surface area contributed by atoms with Crippen molar-refractivity contribution in [3.63, 3.8) is 0 Å². The fourth-order valence-corrected chi connectivity index (χ4v) is 4.50. The van der Waals surface area contributed by atoms with Gasteiger partial charge >= 0.3 is 0 Å². The Morgan fingerprint density at radius 2 is 1.61 bits per heavy atom. The zero-order valence-electron chi connectivity index (χ0n) is 16.2. The normalized spacial score (nSPS) is 11.4. The number of para-hydroxylation sites is 2. The molecule has 0 aliphatic rings. The second kappa shape index (κ2) is 7.65. The van der Waals surface area contributed by atoms with Gasteiger partial charge in [-0.1, -0.05) is 24.3 Å². The van der Waals surface area contributed by atoms with Gasteiger partial charge in [0.05, 0.1) is 21.5 Å². The van der Waals surface area contributed by atoms with Gasteiger partial charge in [0, 0.05) is 11.8 Å². The third-order valence-corrected chi connectivity index (χ3v) is 6.10. The standard InChI is InChI=1S/C21H16N4O5S/c1-14-22-18-7-3-2-6-17(18)21(26)24(14)16-12-10-15(11-13-16)23-31(29,30)20-9-5-4-8-19(20)25(27)28/h2-13,23H,1H3. The van der Waals surface area contributed by atoms with E-state index in [1.54, 1.807) is 43.3 Å². The molecule has 0 amide bonds. The Kier molecular flexibility index (Phi) is 4.99. The number of nitrogens with zero attached hydrogens (tertiary/aromatic N) is 3. The molecule has 0 fully saturated rings. The summed E-state index contributed by atoms with van der Waals surface area (Å²) in [6, 6.07) is 18.2. The Morgan fingerprint density at radius 3 is 2.32 bits per heavy atom. The number of aromatic nitrogens is 2. The first-order valence-electron chi connectivity index (χ1n) is 9.13. The average molecular weight is 436 g/mol. The lowest BCUT2D eigenvalue weighted by atomic mass is 10.2. The van der Waals surface area contributed by atoms with Gasteiger partial charge in [0.1, 0.15) is 5.82 Å². The van der Waals surface area contributed by atoms with Gasteiger partial charge in [0.2, 0.25) is 0 Å². The number of hydrogen-bond donors (Lipinski definition) is 1. The SMILES string of the molecule is Cc1nc2ccccc2c(=O)n1-c1ccc(NS(=O)(=O)c2ccccc2[N+](=O)[O-])cc1. The number of nitrogens with one attached hydrogen (secondary N) is 1. The number of hydrogen-bond acceptors (Lipinski definition) is 6. The topological polar surface area (TPSA) is 124 Å². The number of aryl methyl sites for hydroxylation is 1. The zero-order valence-corrected chi connectivity index (χ0v) is 17.0. The predicted molar refractivity (Wildman–Crippen MR) is 116 cm³/mol. The molecule has 0 saturated carbocycles. The van der Waals surface area contributed by atoms with E-state index in [1.165, 1.54) is 34.9 Å². The minimum absolute atomic E-state index is 0.196. The second-order valence-corrected chi connectivity index (χ2v) is 8.34. The smallest absolute Gasteiger partial charge is 0.279 e. The fourth-order valence-electron chi connectivity index (χ4n) is 3.27. The van der Waals surface area contributed by atoms with E-state index in [2.05, 4.69) is 9.71 Å². The maximum Gasteiger partial charge on any atom is 0.289 e. The van der Waals surface area contributed by atoms with Crippen LogP contribution in [-0.2, 0) is 10.0 Å². The number of benzene rings is 3. The molecular formula is C21H16N4O5S. The Morgan fingerprint density at radius 1 is 0.968 bits per heavy atom. The van der Waals surface area contributed by atoms with E-state index in [0.29, 0.717) is 22.4 Å². The summed E-state index contributed by atoms with van der Waals surface area (Å²) in [5.41, 5.74) is 0.540. The van der Waals surface area contributed by atoms with Crippen LogP contribution in [0.15, 0.2) is 82.5 Å². The molecule has 0 unspecified atom stereocenters. The number of rotatable bonds is 5. The Labute approximate surface area is 176 Å². The highest BCUT2D eigenvalue weighted by atomic mass is 32.2. The molecule has 0 atom stereocenters. The highest BCUT2D eigenvalue weighted by Gasteiger charge is 2.25. The van der Waals surface area contributed by atoms with E-state index in [9.17, 15) is 23.3 Å². The van der Waals surface area contributed by atoms with Gasteiger partial charge in [0.25, 0.3) is 21.3 Å². The van der Waals surface area contributed by atoms with Gasteiger partial charge in [-0.05, 0) is 49.4 Å². The summed E-state index contributed by atoms with van der Waals surface area (Å²) in [5, 5.41) is 11.6. The lowest BCUT2D eigenvalue weighted by Gasteiger charge is -2.12. The largest absolute Gasteiger partial charge is 0.289 e. The molecule has 0 radical (unpaired) electrons. The van der Waals surface area contributed by atoms with E-state index < -0.39 is 25.5 Å². The Hall–Kier alpha value is -4.05. The number of sulfonamides is 1. The minimum atomic E-state index is -4.18. The van der Waals surface area contributed by atoms with Crippen molar-refractivity contribution in [2.45, 2.75) is 11.8 Å². The monoisotopic (exact) mass is 436 g/mol. The molecule has 1 heterocycles. The maximum atomic E-state index is 12.9. The molecule has 4 rings (SSSR count). The minimum Gasteiger partial charge on any atom is -0.279 e. The number of nitro groups is 1. The van der Waals surface area contributed by atoms with Gasteiger partial charge in [-0.2, -0.15) is 0 Å². The van der Waals surface area contributed by atoms with Crippen molar-refractivity contribution >= 4 is 32.3 Å². The van der Waals surface area contributed by atoms with Crippen molar-refractivity contribution in [2.24, 2.45) is 0 Å². The van der Waals surface area contributed by atoms with Crippen LogP contribution >= 0.6 is 0 Å². The molecule has 31 heavy (non-hydrogen) atoms. The number of nitro benzene ring substituents is 1. The predicted octanol–water partition coefficient (Wildman–Crippen LogP) is 3.40. The highest BCUT2D eigenvalue weighted by molar-refractivity contribution is 7.92. The van der Waals surface area contributed by atoms with Crippen LogP contribution in [0.2, 0.25) is 0 Å². The van der Waals surface area contributed by atoms with E-state index in [0.717, 1.165) is 6.07 Å². The third kappa shape index (κ3) is 3.76. The van der Waals surface area contributed by atoms with Crippen LogP contribution in [0.1, 0.15) is 5.82 Å². The average Bonchev–Trinajstić information content (AvgIpc) is 2.75. The molecule has 156 valence electrons. The molecule has 1 N–H and O–H groups in total. The molecule has 1 aromatic heterocycles. The first-order valence-corrected chi connectivity index (χ1v) is 10.6. The van der Waals surface area contributed by atoms with E-state index in [-0.39, 0.29) is 11.2 Å². The molecule has 3 aromatic carbocycles. The molecule has 0 aliphatic carbocycles. The zero-order chi connectivity index (χ0) is 22.2. The summed E-state index contributed by atoms with van der Waals surface area (Å²) >= 11 is 0.